The Morgan fingerprint density at radius 1 is 1.07 bits per heavy atom. The van der Waals surface area contributed by atoms with Crippen molar-refractivity contribution in [3.05, 3.63) is 59.4 Å². The van der Waals surface area contributed by atoms with E-state index in [1.54, 1.807) is 6.07 Å². The highest BCUT2D eigenvalue weighted by molar-refractivity contribution is 5.85. The van der Waals surface area contributed by atoms with Gasteiger partial charge in [-0.05, 0) is 43.2 Å². The molecule has 0 aliphatic carbocycles. The van der Waals surface area contributed by atoms with E-state index in [4.69, 9.17) is 4.74 Å². The minimum atomic E-state index is -0.546. The number of aliphatic hydroxyl groups excluding tert-OH is 1. The van der Waals surface area contributed by atoms with E-state index in [1.807, 2.05) is 44.2 Å². The lowest BCUT2D eigenvalue weighted by Crippen LogP contribution is -2.49. The number of para-hydroxylation sites is 1. The Kier molecular flexibility index (Phi) is 7.90. The summed E-state index contributed by atoms with van der Waals surface area (Å²) in [5.74, 6) is 0.649. The fraction of sp³-hybridized carbons (Fsp3) is 0.429. The van der Waals surface area contributed by atoms with E-state index in [1.165, 1.54) is 6.07 Å². The first-order valence-electron chi connectivity index (χ1n) is 9.13. The third-order valence-electron chi connectivity index (χ3n) is 4.81. The second-order valence-electron chi connectivity index (χ2n) is 6.97. The summed E-state index contributed by atoms with van der Waals surface area (Å²) < 4.78 is 19.7. The molecule has 148 valence electrons. The Bertz CT molecular complexity index is 736. The largest absolute Gasteiger partial charge is 0.491 e. The molecule has 1 heterocycles. The van der Waals surface area contributed by atoms with Crippen LogP contribution in [0, 0.1) is 19.7 Å². The molecule has 0 radical (unpaired) electrons. The Labute approximate surface area is 167 Å². The van der Waals surface area contributed by atoms with E-state index in [2.05, 4.69) is 9.80 Å². The van der Waals surface area contributed by atoms with Gasteiger partial charge in [-0.3, -0.25) is 4.90 Å². The molecule has 4 nitrogen and oxygen atoms in total. The molecule has 1 fully saturated rings. The standard InChI is InChI=1S/C21H27FN2O2.ClH/c1-16-7-8-17(2)21(13-16)26-15-18(25)14-23-9-11-24(12-10-23)20-6-4-3-5-19(20)22;/h3-8,13,18,25H,9-12,14-15H2,1-2H3;1H. The number of halogens is 2. The fourth-order valence-corrected chi connectivity index (χ4v) is 3.28. The Morgan fingerprint density at radius 3 is 2.48 bits per heavy atom. The van der Waals surface area contributed by atoms with E-state index in [0.29, 0.717) is 12.2 Å². The highest BCUT2D eigenvalue weighted by atomic mass is 35.5. The molecule has 1 aliphatic rings. The smallest absolute Gasteiger partial charge is 0.146 e. The summed E-state index contributed by atoms with van der Waals surface area (Å²) in [5, 5.41) is 10.3. The minimum Gasteiger partial charge on any atom is -0.491 e. The van der Waals surface area contributed by atoms with Crippen LogP contribution < -0.4 is 9.64 Å². The zero-order valence-electron chi connectivity index (χ0n) is 15.9. The first kappa shape index (κ1) is 21.5. The van der Waals surface area contributed by atoms with Crippen LogP contribution in [0.1, 0.15) is 11.1 Å². The summed E-state index contributed by atoms with van der Waals surface area (Å²) in [6, 6.07) is 13.0. The number of hydrogen-bond acceptors (Lipinski definition) is 4. The zero-order chi connectivity index (χ0) is 18.5. The number of piperazine rings is 1. The van der Waals surface area contributed by atoms with Gasteiger partial charge < -0.3 is 14.7 Å². The predicted molar refractivity (Wildman–Crippen MR) is 110 cm³/mol. The first-order chi connectivity index (χ1) is 12.5. The van der Waals surface area contributed by atoms with Gasteiger partial charge in [-0.25, -0.2) is 4.39 Å². The highest BCUT2D eigenvalue weighted by Gasteiger charge is 2.21. The molecule has 1 aliphatic heterocycles. The van der Waals surface area contributed by atoms with Crippen LogP contribution in [0.2, 0.25) is 0 Å². The number of aryl methyl sites for hydroxylation is 2. The van der Waals surface area contributed by atoms with Gasteiger partial charge in [0.1, 0.15) is 24.3 Å². The molecular weight excluding hydrogens is 367 g/mol. The molecule has 1 atom stereocenters. The van der Waals surface area contributed by atoms with Crippen LogP contribution in [0.15, 0.2) is 42.5 Å². The van der Waals surface area contributed by atoms with Crippen molar-refractivity contribution in [3.8, 4) is 5.75 Å². The van der Waals surface area contributed by atoms with Crippen LogP contribution in [0.25, 0.3) is 0 Å². The Hall–Kier alpha value is -1.82. The number of nitrogens with zero attached hydrogens (tertiary/aromatic N) is 2. The summed E-state index contributed by atoms with van der Waals surface area (Å²) in [7, 11) is 0. The number of aliphatic hydroxyl groups is 1. The molecule has 1 unspecified atom stereocenters. The summed E-state index contributed by atoms with van der Waals surface area (Å²) in [4.78, 5) is 4.26. The van der Waals surface area contributed by atoms with Crippen LogP contribution in [0.3, 0.4) is 0 Å². The van der Waals surface area contributed by atoms with Gasteiger partial charge in [0, 0.05) is 32.7 Å². The Morgan fingerprint density at radius 2 is 1.78 bits per heavy atom. The molecule has 3 rings (SSSR count). The van der Waals surface area contributed by atoms with E-state index in [9.17, 15) is 9.50 Å². The third kappa shape index (κ3) is 5.83. The molecule has 0 bridgehead atoms. The van der Waals surface area contributed by atoms with Gasteiger partial charge in [0.05, 0.1) is 5.69 Å². The molecule has 2 aromatic carbocycles. The number of anilines is 1. The molecule has 0 aromatic heterocycles. The molecule has 0 spiro atoms. The molecule has 0 saturated carbocycles. The number of β-amino-alcohol motifs (C(OH)–C–C–N with tert-alkyl or cyclic N) is 1. The lowest BCUT2D eigenvalue weighted by atomic mass is 10.1. The van der Waals surface area contributed by atoms with E-state index in [-0.39, 0.29) is 24.8 Å². The lowest BCUT2D eigenvalue weighted by molar-refractivity contribution is 0.0660. The van der Waals surface area contributed by atoms with Crippen molar-refractivity contribution in [2.75, 3.05) is 44.2 Å². The molecular formula is C21H28ClFN2O2. The molecule has 2 aromatic rings. The van der Waals surface area contributed by atoms with Crippen molar-refractivity contribution >= 4 is 18.1 Å². The zero-order valence-corrected chi connectivity index (χ0v) is 16.7. The second-order valence-corrected chi connectivity index (χ2v) is 6.97. The number of ether oxygens (including phenoxy) is 1. The van der Waals surface area contributed by atoms with E-state index >= 15 is 0 Å². The average molecular weight is 395 g/mol. The summed E-state index contributed by atoms with van der Waals surface area (Å²) >= 11 is 0. The quantitative estimate of drug-likeness (QED) is 0.814. The Balaban J connectivity index is 0.00000261. The summed E-state index contributed by atoms with van der Waals surface area (Å²) in [6.07, 6.45) is -0.546. The number of benzene rings is 2. The van der Waals surface area contributed by atoms with Gasteiger partial charge in [0.25, 0.3) is 0 Å². The fourth-order valence-electron chi connectivity index (χ4n) is 3.28. The minimum absolute atomic E-state index is 0. The van der Waals surface area contributed by atoms with Crippen molar-refractivity contribution in [1.29, 1.82) is 0 Å². The summed E-state index contributed by atoms with van der Waals surface area (Å²) in [6.45, 7) is 7.98. The van der Waals surface area contributed by atoms with Crippen molar-refractivity contribution in [2.24, 2.45) is 0 Å². The molecule has 27 heavy (non-hydrogen) atoms. The van der Waals surface area contributed by atoms with Gasteiger partial charge in [-0.15, -0.1) is 12.4 Å². The van der Waals surface area contributed by atoms with Gasteiger partial charge in [0.15, 0.2) is 0 Å². The van der Waals surface area contributed by atoms with Crippen molar-refractivity contribution in [1.82, 2.24) is 4.90 Å². The van der Waals surface area contributed by atoms with Crippen LogP contribution >= 0.6 is 12.4 Å². The highest BCUT2D eigenvalue weighted by Crippen LogP contribution is 2.21. The second kappa shape index (κ2) is 9.93. The molecule has 0 amide bonds. The molecule has 1 N–H and O–H groups in total. The topological polar surface area (TPSA) is 35.9 Å². The van der Waals surface area contributed by atoms with Crippen LogP contribution in [0.5, 0.6) is 5.75 Å². The molecule has 6 heteroatoms. The van der Waals surface area contributed by atoms with Gasteiger partial charge >= 0.3 is 0 Å². The summed E-state index contributed by atoms with van der Waals surface area (Å²) in [5.41, 5.74) is 2.87. The monoisotopic (exact) mass is 394 g/mol. The SMILES string of the molecule is Cc1ccc(C)c(OCC(O)CN2CCN(c3ccccc3F)CC2)c1.Cl. The maximum atomic E-state index is 13.9. The van der Waals surface area contributed by atoms with Crippen molar-refractivity contribution < 1.29 is 14.2 Å². The lowest BCUT2D eigenvalue weighted by Gasteiger charge is -2.37. The predicted octanol–water partition coefficient (Wildman–Crippen LogP) is 3.43. The van der Waals surface area contributed by atoms with Gasteiger partial charge in [-0.1, -0.05) is 24.3 Å². The normalized spacial score (nSPS) is 15.9. The number of rotatable bonds is 6. The van der Waals surface area contributed by atoms with E-state index in [0.717, 1.165) is 43.1 Å². The molecule has 1 saturated heterocycles. The average Bonchev–Trinajstić information content (AvgIpc) is 2.64. The van der Waals surface area contributed by atoms with Crippen molar-refractivity contribution in [3.63, 3.8) is 0 Å². The van der Waals surface area contributed by atoms with Crippen LogP contribution in [-0.2, 0) is 0 Å². The van der Waals surface area contributed by atoms with Crippen LogP contribution in [-0.4, -0.2) is 55.4 Å². The van der Waals surface area contributed by atoms with E-state index < -0.39 is 6.10 Å². The number of hydrogen-bond donors (Lipinski definition) is 1. The van der Waals surface area contributed by atoms with Crippen LogP contribution in [0.4, 0.5) is 10.1 Å². The van der Waals surface area contributed by atoms with Gasteiger partial charge in [0.2, 0.25) is 0 Å². The first-order valence-corrected chi connectivity index (χ1v) is 9.13. The van der Waals surface area contributed by atoms with Gasteiger partial charge in [-0.2, -0.15) is 0 Å². The third-order valence-corrected chi connectivity index (χ3v) is 4.81. The van der Waals surface area contributed by atoms with Crippen molar-refractivity contribution in [2.45, 2.75) is 20.0 Å². The maximum Gasteiger partial charge on any atom is 0.146 e. The maximum absolute atomic E-state index is 13.9.